The topological polar surface area (TPSA) is 37.3 Å². The van der Waals surface area contributed by atoms with Gasteiger partial charge in [-0.2, -0.15) is 0 Å². The molecule has 0 spiro atoms. The molecule has 0 unspecified atom stereocenters. The number of rotatable bonds is 2. The molecule has 1 rings (SSSR count). The summed E-state index contributed by atoms with van der Waals surface area (Å²) in [6.07, 6.45) is 0. The van der Waals surface area contributed by atoms with Crippen molar-refractivity contribution in [3.63, 3.8) is 0 Å². The van der Waals surface area contributed by atoms with Crippen LogP contribution in [0.4, 0.5) is 0 Å². The van der Waals surface area contributed by atoms with Crippen LogP contribution < -0.4 is 0 Å². The zero-order valence-electron chi connectivity index (χ0n) is 7.54. The third-order valence-corrected chi connectivity index (χ3v) is 2.54. The third kappa shape index (κ3) is 2.10. The fraction of sp³-hybridized carbons (Fsp3) is 0.300. The van der Waals surface area contributed by atoms with Crippen molar-refractivity contribution in [3.05, 3.63) is 33.8 Å². The Morgan fingerprint density at radius 1 is 1.46 bits per heavy atom. The second kappa shape index (κ2) is 3.92. The van der Waals surface area contributed by atoms with Crippen LogP contribution in [-0.2, 0) is 0 Å². The lowest BCUT2D eigenvalue weighted by atomic mass is 9.97. The summed E-state index contributed by atoms with van der Waals surface area (Å²) in [5, 5.41) is 8.97. The van der Waals surface area contributed by atoms with Crippen LogP contribution in [-0.4, -0.2) is 11.1 Å². The monoisotopic (exact) mass is 242 g/mol. The van der Waals surface area contributed by atoms with Crippen LogP contribution in [0.2, 0.25) is 0 Å². The Balaban J connectivity index is 3.34. The van der Waals surface area contributed by atoms with E-state index in [2.05, 4.69) is 15.9 Å². The van der Waals surface area contributed by atoms with E-state index >= 15 is 0 Å². The minimum atomic E-state index is -0.879. The summed E-state index contributed by atoms with van der Waals surface area (Å²) in [5.74, 6) is -0.653. The molecule has 1 aromatic rings. The molecule has 0 aliphatic carbocycles. The predicted octanol–water partition coefficient (Wildman–Crippen LogP) is 3.27. The molecule has 0 bridgehead atoms. The molecule has 0 aliphatic rings. The van der Waals surface area contributed by atoms with Gasteiger partial charge in [-0.15, -0.1) is 0 Å². The number of benzene rings is 1. The molecule has 1 aromatic carbocycles. The van der Waals surface area contributed by atoms with Gasteiger partial charge < -0.3 is 5.11 Å². The van der Waals surface area contributed by atoms with Crippen molar-refractivity contribution in [1.29, 1.82) is 0 Å². The van der Waals surface area contributed by atoms with Crippen LogP contribution in [0, 0.1) is 0 Å². The van der Waals surface area contributed by atoms with E-state index in [1.807, 2.05) is 26.0 Å². The normalized spacial score (nSPS) is 10.5. The van der Waals surface area contributed by atoms with Gasteiger partial charge in [-0.05, 0) is 33.5 Å². The third-order valence-electron chi connectivity index (χ3n) is 1.88. The summed E-state index contributed by atoms with van der Waals surface area (Å²) < 4.78 is 0.645. The molecule has 0 radical (unpaired) electrons. The molecular weight excluding hydrogens is 232 g/mol. The number of carbonyl (C=O) groups is 1. The number of halogens is 1. The van der Waals surface area contributed by atoms with Gasteiger partial charge in [-0.3, -0.25) is 0 Å². The minimum absolute atomic E-state index is 0.226. The minimum Gasteiger partial charge on any atom is -0.478 e. The van der Waals surface area contributed by atoms with Gasteiger partial charge in [-0.25, -0.2) is 4.79 Å². The SMILES string of the molecule is CC(C)c1cccc(Br)c1C(=O)O. The lowest BCUT2D eigenvalue weighted by molar-refractivity contribution is 0.0694. The van der Waals surface area contributed by atoms with Crippen molar-refractivity contribution >= 4 is 21.9 Å². The molecule has 0 saturated carbocycles. The van der Waals surface area contributed by atoms with Gasteiger partial charge >= 0.3 is 5.97 Å². The van der Waals surface area contributed by atoms with Gasteiger partial charge in [0.25, 0.3) is 0 Å². The van der Waals surface area contributed by atoms with Crippen molar-refractivity contribution in [2.45, 2.75) is 19.8 Å². The van der Waals surface area contributed by atoms with Gasteiger partial charge in [0, 0.05) is 4.47 Å². The number of carboxylic acids is 1. The van der Waals surface area contributed by atoms with Gasteiger partial charge in [-0.1, -0.05) is 26.0 Å². The van der Waals surface area contributed by atoms with Crippen molar-refractivity contribution in [3.8, 4) is 0 Å². The molecule has 0 saturated heterocycles. The van der Waals surface area contributed by atoms with Crippen LogP contribution >= 0.6 is 15.9 Å². The fourth-order valence-electron chi connectivity index (χ4n) is 1.25. The summed E-state index contributed by atoms with van der Waals surface area (Å²) in [6.45, 7) is 3.96. The summed E-state index contributed by atoms with van der Waals surface area (Å²) in [6, 6.07) is 5.44. The molecule has 1 N–H and O–H groups in total. The highest BCUT2D eigenvalue weighted by Crippen LogP contribution is 2.26. The first-order valence-corrected chi connectivity index (χ1v) is 4.85. The van der Waals surface area contributed by atoms with E-state index in [0.717, 1.165) is 5.56 Å². The van der Waals surface area contributed by atoms with E-state index in [1.54, 1.807) is 6.07 Å². The predicted molar refractivity (Wildman–Crippen MR) is 55.2 cm³/mol. The first kappa shape index (κ1) is 10.3. The zero-order chi connectivity index (χ0) is 10.0. The van der Waals surface area contributed by atoms with Crippen molar-refractivity contribution < 1.29 is 9.90 Å². The second-order valence-electron chi connectivity index (χ2n) is 3.16. The lowest BCUT2D eigenvalue weighted by Gasteiger charge is -2.10. The van der Waals surface area contributed by atoms with Gasteiger partial charge in [0.2, 0.25) is 0 Å². The maximum absolute atomic E-state index is 10.9. The van der Waals surface area contributed by atoms with E-state index in [4.69, 9.17) is 5.11 Å². The molecule has 0 aromatic heterocycles. The van der Waals surface area contributed by atoms with E-state index < -0.39 is 5.97 Å². The molecule has 70 valence electrons. The Hall–Kier alpha value is -0.830. The summed E-state index contributed by atoms with van der Waals surface area (Å²) in [5.41, 5.74) is 1.24. The second-order valence-corrected chi connectivity index (χ2v) is 4.02. The summed E-state index contributed by atoms with van der Waals surface area (Å²) >= 11 is 3.24. The van der Waals surface area contributed by atoms with Crippen LogP contribution in [0.3, 0.4) is 0 Å². The maximum atomic E-state index is 10.9. The zero-order valence-corrected chi connectivity index (χ0v) is 9.13. The first-order valence-electron chi connectivity index (χ1n) is 4.05. The summed E-state index contributed by atoms with van der Waals surface area (Å²) in [4.78, 5) is 10.9. The molecule has 0 aliphatic heterocycles. The Labute approximate surface area is 85.7 Å². The highest BCUT2D eigenvalue weighted by molar-refractivity contribution is 9.10. The highest BCUT2D eigenvalue weighted by Gasteiger charge is 2.15. The molecule has 13 heavy (non-hydrogen) atoms. The first-order chi connectivity index (χ1) is 6.04. The van der Waals surface area contributed by atoms with Crippen molar-refractivity contribution in [2.24, 2.45) is 0 Å². The Kier molecular flexibility index (Phi) is 3.09. The van der Waals surface area contributed by atoms with E-state index in [-0.39, 0.29) is 5.92 Å². The average Bonchev–Trinajstić information content (AvgIpc) is 2.02. The van der Waals surface area contributed by atoms with E-state index in [0.29, 0.717) is 10.0 Å². The van der Waals surface area contributed by atoms with Gasteiger partial charge in [0.05, 0.1) is 5.56 Å². The molecule has 0 atom stereocenters. The van der Waals surface area contributed by atoms with E-state index in [9.17, 15) is 4.79 Å². The van der Waals surface area contributed by atoms with Crippen LogP contribution in [0.15, 0.2) is 22.7 Å². The largest absolute Gasteiger partial charge is 0.478 e. The number of carboxylic acid groups (broad SMARTS) is 1. The standard InChI is InChI=1S/C10H11BrO2/c1-6(2)7-4-3-5-8(11)9(7)10(12)13/h3-6H,1-2H3,(H,12,13). The maximum Gasteiger partial charge on any atom is 0.337 e. The molecule has 0 amide bonds. The molecule has 2 nitrogen and oxygen atoms in total. The molecular formula is C10H11BrO2. The molecule has 0 fully saturated rings. The molecule has 0 heterocycles. The Morgan fingerprint density at radius 3 is 2.46 bits per heavy atom. The van der Waals surface area contributed by atoms with Crippen molar-refractivity contribution in [2.75, 3.05) is 0 Å². The van der Waals surface area contributed by atoms with Crippen molar-refractivity contribution in [1.82, 2.24) is 0 Å². The lowest BCUT2D eigenvalue weighted by Crippen LogP contribution is -2.04. The number of aromatic carboxylic acids is 1. The van der Waals surface area contributed by atoms with Crippen LogP contribution in [0.5, 0.6) is 0 Å². The van der Waals surface area contributed by atoms with E-state index in [1.165, 1.54) is 0 Å². The smallest absolute Gasteiger partial charge is 0.337 e. The molecule has 3 heteroatoms. The average molecular weight is 243 g/mol. The Morgan fingerprint density at radius 2 is 2.08 bits per heavy atom. The number of hydrogen-bond acceptors (Lipinski definition) is 1. The summed E-state index contributed by atoms with van der Waals surface area (Å²) in [7, 11) is 0. The quantitative estimate of drug-likeness (QED) is 0.865. The van der Waals surface area contributed by atoms with Gasteiger partial charge in [0.15, 0.2) is 0 Å². The fourth-order valence-corrected chi connectivity index (χ4v) is 1.80. The van der Waals surface area contributed by atoms with Crippen LogP contribution in [0.1, 0.15) is 35.7 Å². The van der Waals surface area contributed by atoms with Crippen LogP contribution in [0.25, 0.3) is 0 Å². The van der Waals surface area contributed by atoms with Gasteiger partial charge in [0.1, 0.15) is 0 Å². The number of hydrogen-bond donors (Lipinski definition) is 1. The Bertz CT molecular complexity index is 332. The highest BCUT2D eigenvalue weighted by atomic mass is 79.9.